The van der Waals surface area contributed by atoms with Crippen LogP contribution in [0.15, 0.2) is 0 Å². The van der Waals surface area contributed by atoms with Gasteiger partial charge in [-0.15, -0.1) is 0 Å². The van der Waals surface area contributed by atoms with Crippen LogP contribution in [0.1, 0.15) is 110 Å². The first-order valence-corrected chi connectivity index (χ1v) is 11.8. The summed E-state index contributed by atoms with van der Waals surface area (Å²) in [5.74, 6) is 0. The molecule has 3 nitrogen and oxygen atoms in total. The molecule has 1 aliphatic rings. The predicted molar refractivity (Wildman–Crippen MR) is 114 cm³/mol. The Balaban J connectivity index is 1.79. The Kier molecular flexibility index (Phi) is 16.3. The molecule has 3 heteroatoms. The van der Waals surface area contributed by atoms with E-state index in [4.69, 9.17) is 0 Å². The van der Waals surface area contributed by atoms with Crippen LogP contribution in [0, 0.1) is 0 Å². The molecular weight excluding hydrogens is 320 g/mol. The molecular formula is C23H46N2O. The largest absolute Gasteiger partial charge is 0.314 e. The zero-order valence-electron chi connectivity index (χ0n) is 17.7. The maximum Gasteiger partial charge on any atom is 0.137 e. The number of nitrogens with one attached hydrogen (secondary N) is 1. The van der Waals surface area contributed by atoms with E-state index >= 15 is 0 Å². The predicted octanol–water partition coefficient (Wildman–Crippen LogP) is 5.72. The summed E-state index contributed by atoms with van der Waals surface area (Å²) in [7, 11) is 0. The number of nitrogens with zero attached hydrogens (tertiary/aromatic N) is 1. The molecule has 1 fully saturated rings. The number of carbonyl (C=O) groups is 1. The summed E-state index contributed by atoms with van der Waals surface area (Å²) in [4.78, 5) is 13.7. The maximum absolute atomic E-state index is 11.3. The molecule has 1 atom stereocenters. The van der Waals surface area contributed by atoms with Gasteiger partial charge < -0.3 is 10.1 Å². The third kappa shape index (κ3) is 12.9. The van der Waals surface area contributed by atoms with E-state index in [1.165, 1.54) is 103 Å². The van der Waals surface area contributed by atoms with Crippen molar-refractivity contribution >= 4 is 6.29 Å². The molecule has 0 amide bonds. The highest BCUT2D eigenvalue weighted by molar-refractivity contribution is 5.57. The second-order valence-electron chi connectivity index (χ2n) is 8.23. The minimum absolute atomic E-state index is 0.166. The number of rotatable bonds is 18. The van der Waals surface area contributed by atoms with Gasteiger partial charge in [-0.25, -0.2) is 0 Å². The van der Waals surface area contributed by atoms with E-state index in [2.05, 4.69) is 17.1 Å². The molecule has 1 heterocycles. The third-order valence-corrected chi connectivity index (χ3v) is 5.88. The Morgan fingerprint density at radius 1 is 0.731 bits per heavy atom. The number of hydrogen-bond donors (Lipinski definition) is 1. The number of aldehydes is 1. The first-order valence-electron chi connectivity index (χ1n) is 11.8. The van der Waals surface area contributed by atoms with Crippen LogP contribution >= 0.6 is 0 Å². The minimum atomic E-state index is 0.166. The number of carbonyl (C=O) groups excluding carboxylic acids is 1. The second-order valence-corrected chi connectivity index (χ2v) is 8.23. The first-order chi connectivity index (χ1) is 12.9. The monoisotopic (exact) mass is 366 g/mol. The summed E-state index contributed by atoms with van der Waals surface area (Å²) < 4.78 is 0. The van der Waals surface area contributed by atoms with Crippen LogP contribution in [-0.2, 0) is 4.79 Å². The zero-order valence-corrected chi connectivity index (χ0v) is 17.7. The van der Waals surface area contributed by atoms with Crippen LogP contribution < -0.4 is 5.32 Å². The van der Waals surface area contributed by atoms with Crippen molar-refractivity contribution in [2.45, 2.75) is 116 Å². The quantitative estimate of drug-likeness (QED) is 0.249. The van der Waals surface area contributed by atoms with Crippen LogP contribution in [0.5, 0.6) is 0 Å². The Bertz CT molecular complexity index is 303. The van der Waals surface area contributed by atoms with Gasteiger partial charge in [0.2, 0.25) is 0 Å². The molecule has 1 rings (SSSR count). The summed E-state index contributed by atoms with van der Waals surface area (Å²) in [6, 6.07) is 0.166. The van der Waals surface area contributed by atoms with Gasteiger partial charge in [-0.1, -0.05) is 103 Å². The normalized spacial score (nSPS) is 16.7. The van der Waals surface area contributed by atoms with E-state index in [1.54, 1.807) is 0 Å². The fourth-order valence-corrected chi connectivity index (χ4v) is 4.08. The van der Waals surface area contributed by atoms with Crippen molar-refractivity contribution in [3.63, 3.8) is 0 Å². The van der Waals surface area contributed by atoms with Crippen molar-refractivity contribution in [2.75, 3.05) is 26.2 Å². The Hall–Kier alpha value is -0.410. The average molecular weight is 367 g/mol. The number of piperazine rings is 1. The van der Waals surface area contributed by atoms with Crippen molar-refractivity contribution in [3.8, 4) is 0 Å². The minimum Gasteiger partial charge on any atom is -0.314 e. The Morgan fingerprint density at radius 2 is 1.15 bits per heavy atom. The van der Waals surface area contributed by atoms with Gasteiger partial charge in [0.15, 0.2) is 0 Å². The molecule has 0 radical (unpaired) electrons. The van der Waals surface area contributed by atoms with Crippen LogP contribution in [0.25, 0.3) is 0 Å². The highest BCUT2D eigenvalue weighted by Crippen LogP contribution is 2.15. The van der Waals surface area contributed by atoms with E-state index in [0.717, 1.165) is 32.6 Å². The lowest BCUT2D eigenvalue weighted by Gasteiger charge is -2.31. The zero-order chi connectivity index (χ0) is 18.7. The van der Waals surface area contributed by atoms with Gasteiger partial charge in [0.05, 0.1) is 6.04 Å². The Morgan fingerprint density at radius 3 is 1.58 bits per heavy atom. The fourth-order valence-electron chi connectivity index (χ4n) is 4.08. The van der Waals surface area contributed by atoms with Gasteiger partial charge in [-0.2, -0.15) is 0 Å². The molecule has 0 bridgehead atoms. The van der Waals surface area contributed by atoms with Crippen molar-refractivity contribution in [1.82, 2.24) is 10.2 Å². The fraction of sp³-hybridized carbons (Fsp3) is 0.957. The van der Waals surface area contributed by atoms with Gasteiger partial charge in [0.25, 0.3) is 0 Å². The lowest BCUT2D eigenvalue weighted by Crippen LogP contribution is -2.49. The maximum atomic E-state index is 11.3. The van der Waals surface area contributed by atoms with Gasteiger partial charge in [-0.3, -0.25) is 4.90 Å². The molecule has 1 aliphatic heterocycles. The molecule has 1 N–H and O–H groups in total. The lowest BCUT2D eigenvalue weighted by molar-refractivity contribution is -0.112. The number of unbranched alkanes of at least 4 members (excludes halogenated alkanes) is 14. The van der Waals surface area contributed by atoms with Crippen molar-refractivity contribution in [2.24, 2.45) is 0 Å². The van der Waals surface area contributed by atoms with Crippen LogP contribution in [0.4, 0.5) is 0 Å². The molecule has 0 spiro atoms. The molecule has 26 heavy (non-hydrogen) atoms. The smallest absolute Gasteiger partial charge is 0.137 e. The molecule has 154 valence electrons. The second kappa shape index (κ2) is 18.0. The highest BCUT2D eigenvalue weighted by atomic mass is 16.1. The van der Waals surface area contributed by atoms with Crippen molar-refractivity contribution < 1.29 is 4.79 Å². The van der Waals surface area contributed by atoms with E-state index in [0.29, 0.717) is 0 Å². The molecule has 0 aromatic carbocycles. The average Bonchev–Trinajstić information content (AvgIpc) is 2.68. The summed E-state index contributed by atoms with van der Waals surface area (Å²) >= 11 is 0. The highest BCUT2D eigenvalue weighted by Gasteiger charge is 2.18. The third-order valence-electron chi connectivity index (χ3n) is 5.88. The molecule has 0 saturated carbocycles. The van der Waals surface area contributed by atoms with Crippen LogP contribution in [0.3, 0.4) is 0 Å². The Labute approximate surface area is 163 Å². The lowest BCUT2D eigenvalue weighted by atomic mass is 10.0. The van der Waals surface area contributed by atoms with Crippen LogP contribution in [0.2, 0.25) is 0 Å². The van der Waals surface area contributed by atoms with Crippen molar-refractivity contribution in [3.05, 3.63) is 0 Å². The standard InChI is InChI=1S/C23H46N2O/c1-2-3-4-5-6-7-8-9-10-11-12-13-14-15-16-17-23(22-26)25-20-18-24-19-21-25/h22-24H,2-21H2,1H3. The van der Waals surface area contributed by atoms with Gasteiger partial charge in [0, 0.05) is 26.2 Å². The van der Waals surface area contributed by atoms with E-state index in [9.17, 15) is 4.79 Å². The van der Waals surface area contributed by atoms with Gasteiger partial charge in [0.1, 0.15) is 6.29 Å². The molecule has 1 unspecified atom stereocenters. The van der Waals surface area contributed by atoms with Crippen molar-refractivity contribution in [1.29, 1.82) is 0 Å². The topological polar surface area (TPSA) is 32.3 Å². The molecule has 1 saturated heterocycles. The first kappa shape index (κ1) is 23.6. The number of hydrogen-bond acceptors (Lipinski definition) is 3. The van der Waals surface area contributed by atoms with Crippen LogP contribution in [-0.4, -0.2) is 43.4 Å². The summed E-state index contributed by atoms with van der Waals surface area (Å²) in [6.45, 7) is 6.41. The summed E-state index contributed by atoms with van der Waals surface area (Å²) in [5.41, 5.74) is 0. The summed E-state index contributed by atoms with van der Waals surface area (Å²) in [6.07, 6.45) is 23.2. The van der Waals surface area contributed by atoms with E-state index < -0.39 is 0 Å². The summed E-state index contributed by atoms with van der Waals surface area (Å²) in [5, 5.41) is 3.36. The van der Waals surface area contributed by atoms with Gasteiger partial charge >= 0.3 is 0 Å². The SMILES string of the molecule is CCCCCCCCCCCCCCCCCC(C=O)N1CCNCC1. The van der Waals surface area contributed by atoms with E-state index in [-0.39, 0.29) is 6.04 Å². The van der Waals surface area contributed by atoms with Gasteiger partial charge in [-0.05, 0) is 6.42 Å². The molecule has 0 aliphatic carbocycles. The van der Waals surface area contributed by atoms with E-state index in [1.807, 2.05) is 0 Å². The molecule has 0 aromatic heterocycles. The molecule has 0 aromatic rings.